The van der Waals surface area contributed by atoms with E-state index in [1.165, 1.54) is 19.3 Å². The van der Waals surface area contributed by atoms with Gasteiger partial charge in [0.25, 0.3) is 0 Å². The van der Waals surface area contributed by atoms with Gasteiger partial charge in [0.2, 0.25) is 0 Å². The lowest BCUT2D eigenvalue weighted by Crippen LogP contribution is -1.91. The molecular weight excluding hydrogens is 96.1 g/mol. The minimum absolute atomic E-state index is 0. The van der Waals surface area contributed by atoms with Gasteiger partial charge < -0.3 is 0 Å². The minimum atomic E-state index is 0. The van der Waals surface area contributed by atoms with Crippen LogP contribution in [0.3, 0.4) is 0 Å². The largest absolute Gasteiger partial charge is 0.0776 e. The van der Waals surface area contributed by atoms with E-state index >= 15 is 0 Å². The fourth-order valence-corrected chi connectivity index (χ4v) is 0.999. The van der Waals surface area contributed by atoms with Crippen molar-refractivity contribution in [1.29, 1.82) is 0 Å². The summed E-state index contributed by atoms with van der Waals surface area (Å²) >= 11 is 0. The second-order valence-corrected chi connectivity index (χ2v) is 2.72. The summed E-state index contributed by atoms with van der Waals surface area (Å²) in [5.74, 6) is 2.13. The molecule has 0 amide bonds. The Hall–Kier alpha value is 0. The maximum Gasteiger partial charge on any atom is -0.0388 e. The van der Waals surface area contributed by atoms with E-state index in [1.807, 2.05) is 0 Å². The summed E-state index contributed by atoms with van der Waals surface area (Å²) in [6.07, 6.45) is 4.40. The Morgan fingerprint density at radius 1 is 1.50 bits per heavy atom. The first kappa shape index (κ1) is 8.00. The molecule has 0 heteroatoms. The van der Waals surface area contributed by atoms with Gasteiger partial charge >= 0.3 is 0 Å². The summed E-state index contributed by atoms with van der Waals surface area (Å²) in [5, 5.41) is 0. The van der Waals surface area contributed by atoms with Gasteiger partial charge in [0.05, 0.1) is 0 Å². The molecule has 1 atom stereocenters. The molecule has 0 aromatic carbocycles. The van der Waals surface area contributed by atoms with Gasteiger partial charge in [0.1, 0.15) is 0 Å². The zero-order valence-electron chi connectivity index (χ0n) is 5.28. The Balaban J connectivity index is 0.000000490. The highest BCUT2D eigenvalue weighted by Crippen LogP contribution is 2.37. The van der Waals surface area contributed by atoms with Crippen LogP contribution in [-0.2, 0) is 0 Å². The molecule has 1 aliphatic rings. The van der Waals surface area contributed by atoms with Crippen molar-refractivity contribution in [1.82, 2.24) is 0 Å². The fraction of sp³-hybridized carbons (Fsp3) is 1.00. The molecule has 0 aromatic rings. The van der Waals surface area contributed by atoms with E-state index in [1.54, 1.807) is 0 Å². The average molecular weight is 114 g/mol. The number of hydrogen-bond acceptors (Lipinski definition) is 0. The van der Waals surface area contributed by atoms with E-state index in [-0.39, 0.29) is 7.43 Å². The molecule has 8 heavy (non-hydrogen) atoms. The van der Waals surface area contributed by atoms with Crippen molar-refractivity contribution in [3.8, 4) is 0 Å². The first-order valence-corrected chi connectivity index (χ1v) is 3.34. The standard InChI is InChI=1S/C7H14.CH4/c1-3-6(2)7-4-5-7;/h6-7H,3-5H2,1-2H3;1H4. The predicted molar refractivity (Wildman–Crippen MR) is 38.9 cm³/mol. The summed E-state index contributed by atoms with van der Waals surface area (Å²) < 4.78 is 0. The van der Waals surface area contributed by atoms with E-state index in [4.69, 9.17) is 0 Å². The van der Waals surface area contributed by atoms with Crippen LogP contribution in [0.4, 0.5) is 0 Å². The first-order valence-electron chi connectivity index (χ1n) is 3.34. The van der Waals surface area contributed by atoms with E-state index in [0.29, 0.717) is 0 Å². The van der Waals surface area contributed by atoms with E-state index in [0.717, 1.165) is 11.8 Å². The third kappa shape index (κ3) is 1.85. The molecule has 1 aliphatic carbocycles. The molecule has 50 valence electrons. The first-order chi connectivity index (χ1) is 3.34. The van der Waals surface area contributed by atoms with Gasteiger partial charge in [-0.25, -0.2) is 0 Å². The average Bonchev–Trinajstić information content (AvgIpc) is 2.44. The van der Waals surface area contributed by atoms with Crippen molar-refractivity contribution < 1.29 is 0 Å². The fourth-order valence-electron chi connectivity index (χ4n) is 0.999. The molecule has 0 aromatic heterocycles. The van der Waals surface area contributed by atoms with Crippen molar-refractivity contribution in [2.45, 2.75) is 40.5 Å². The number of rotatable bonds is 2. The smallest absolute Gasteiger partial charge is 0.0388 e. The summed E-state index contributed by atoms with van der Waals surface area (Å²) in [6, 6.07) is 0. The molecule has 1 saturated carbocycles. The molecule has 0 aliphatic heterocycles. The summed E-state index contributed by atoms with van der Waals surface area (Å²) in [6.45, 7) is 4.64. The zero-order chi connectivity index (χ0) is 5.28. The maximum atomic E-state index is 2.36. The molecule has 0 bridgehead atoms. The lowest BCUT2D eigenvalue weighted by atomic mass is 10.0. The van der Waals surface area contributed by atoms with Crippen LogP contribution in [0, 0.1) is 11.8 Å². The Morgan fingerprint density at radius 3 is 2.12 bits per heavy atom. The molecule has 1 rings (SSSR count). The predicted octanol–water partition coefficient (Wildman–Crippen LogP) is 3.08. The Bertz CT molecular complexity index is 53.1. The molecule has 0 saturated heterocycles. The Kier molecular flexibility index (Phi) is 3.11. The lowest BCUT2D eigenvalue weighted by molar-refractivity contribution is 0.493. The van der Waals surface area contributed by atoms with Crippen molar-refractivity contribution in [2.75, 3.05) is 0 Å². The Morgan fingerprint density at radius 2 is 2.00 bits per heavy atom. The van der Waals surface area contributed by atoms with Crippen LogP contribution in [0.1, 0.15) is 40.5 Å². The molecule has 0 nitrogen and oxygen atoms in total. The molecule has 0 N–H and O–H groups in total. The normalized spacial score (nSPS) is 21.8. The van der Waals surface area contributed by atoms with Gasteiger partial charge in [-0.15, -0.1) is 0 Å². The van der Waals surface area contributed by atoms with Gasteiger partial charge in [-0.3, -0.25) is 0 Å². The molecular formula is C8H18. The van der Waals surface area contributed by atoms with E-state index < -0.39 is 0 Å². The van der Waals surface area contributed by atoms with Crippen LogP contribution in [0.15, 0.2) is 0 Å². The van der Waals surface area contributed by atoms with Gasteiger partial charge in [-0.1, -0.05) is 27.7 Å². The maximum absolute atomic E-state index is 2.36. The number of hydrogen-bond donors (Lipinski definition) is 0. The zero-order valence-corrected chi connectivity index (χ0v) is 5.28. The highest BCUT2D eigenvalue weighted by Gasteiger charge is 2.25. The molecule has 1 unspecified atom stereocenters. The van der Waals surface area contributed by atoms with Crippen molar-refractivity contribution >= 4 is 0 Å². The molecule has 0 radical (unpaired) electrons. The monoisotopic (exact) mass is 114 g/mol. The lowest BCUT2D eigenvalue weighted by Gasteiger charge is -2.01. The van der Waals surface area contributed by atoms with Crippen LogP contribution in [0.5, 0.6) is 0 Å². The SMILES string of the molecule is C.CCC(C)C1CC1. The molecule has 0 heterocycles. The highest BCUT2D eigenvalue weighted by atomic mass is 14.3. The highest BCUT2D eigenvalue weighted by molar-refractivity contribution is 4.77. The summed E-state index contributed by atoms with van der Waals surface area (Å²) in [4.78, 5) is 0. The van der Waals surface area contributed by atoms with Crippen molar-refractivity contribution in [2.24, 2.45) is 11.8 Å². The van der Waals surface area contributed by atoms with Gasteiger partial charge in [-0.05, 0) is 24.7 Å². The van der Waals surface area contributed by atoms with Crippen LogP contribution in [0.2, 0.25) is 0 Å². The Labute approximate surface area is 53.3 Å². The van der Waals surface area contributed by atoms with E-state index in [2.05, 4.69) is 13.8 Å². The van der Waals surface area contributed by atoms with Crippen molar-refractivity contribution in [3.63, 3.8) is 0 Å². The van der Waals surface area contributed by atoms with E-state index in [9.17, 15) is 0 Å². The topological polar surface area (TPSA) is 0 Å². The third-order valence-corrected chi connectivity index (χ3v) is 2.07. The van der Waals surface area contributed by atoms with Crippen LogP contribution in [-0.4, -0.2) is 0 Å². The van der Waals surface area contributed by atoms with Crippen molar-refractivity contribution in [3.05, 3.63) is 0 Å². The minimum Gasteiger partial charge on any atom is -0.0776 e. The quantitative estimate of drug-likeness (QED) is 0.517. The molecule has 1 fully saturated rings. The second-order valence-electron chi connectivity index (χ2n) is 2.72. The van der Waals surface area contributed by atoms with Gasteiger partial charge in [0, 0.05) is 0 Å². The molecule has 0 spiro atoms. The summed E-state index contributed by atoms with van der Waals surface area (Å²) in [7, 11) is 0. The van der Waals surface area contributed by atoms with Crippen LogP contribution >= 0.6 is 0 Å². The van der Waals surface area contributed by atoms with Gasteiger partial charge in [-0.2, -0.15) is 0 Å². The van der Waals surface area contributed by atoms with Crippen LogP contribution in [0.25, 0.3) is 0 Å². The van der Waals surface area contributed by atoms with Gasteiger partial charge in [0.15, 0.2) is 0 Å². The summed E-state index contributed by atoms with van der Waals surface area (Å²) in [5.41, 5.74) is 0. The van der Waals surface area contributed by atoms with Crippen LogP contribution < -0.4 is 0 Å². The second kappa shape index (κ2) is 3.11. The third-order valence-electron chi connectivity index (χ3n) is 2.07.